The highest BCUT2D eigenvalue weighted by molar-refractivity contribution is 5.76. The summed E-state index contributed by atoms with van der Waals surface area (Å²) in [7, 11) is 0. The van der Waals surface area contributed by atoms with Gasteiger partial charge >= 0.3 is 5.97 Å². The van der Waals surface area contributed by atoms with Crippen LogP contribution in [0.4, 0.5) is 0 Å². The summed E-state index contributed by atoms with van der Waals surface area (Å²) < 4.78 is 5.48. The maximum absolute atomic E-state index is 12.4. The number of carbonyl (C=O) groups excluding carboxylic acids is 2. The van der Waals surface area contributed by atoms with Crippen molar-refractivity contribution < 1.29 is 24.5 Å². The van der Waals surface area contributed by atoms with Gasteiger partial charge in [0.2, 0.25) is 5.91 Å². The molecular formula is C58H113NO5. The Morgan fingerprint density at radius 3 is 1.11 bits per heavy atom. The molecule has 0 aromatic heterocycles. The second-order valence-electron chi connectivity index (χ2n) is 20.0. The number of unbranched alkanes of at least 4 members (excludes halogenated alkanes) is 41. The van der Waals surface area contributed by atoms with Crippen LogP contribution < -0.4 is 5.32 Å². The number of aliphatic hydroxyl groups excluding tert-OH is 2. The lowest BCUT2D eigenvalue weighted by Crippen LogP contribution is -2.45. The second-order valence-corrected chi connectivity index (χ2v) is 20.0. The molecular weight excluding hydrogens is 791 g/mol. The van der Waals surface area contributed by atoms with Crippen LogP contribution in [0.25, 0.3) is 0 Å². The van der Waals surface area contributed by atoms with E-state index in [0.29, 0.717) is 25.9 Å². The van der Waals surface area contributed by atoms with Crippen molar-refractivity contribution in [2.24, 2.45) is 0 Å². The molecule has 380 valence electrons. The molecule has 0 aliphatic rings. The first-order chi connectivity index (χ1) is 31.5. The van der Waals surface area contributed by atoms with Gasteiger partial charge in [-0.1, -0.05) is 270 Å². The minimum absolute atomic E-state index is 0.00950. The van der Waals surface area contributed by atoms with Crippen molar-refractivity contribution >= 4 is 11.9 Å². The quantitative estimate of drug-likeness (QED) is 0.0321. The molecule has 6 nitrogen and oxygen atoms in total. The zero-order valence-electron chi connectivity index (χ0n) is 43.3. The number of hydrogen-bond acceptors (Lipinski definition) is 5. The molecule has 0 aliphatic carbocycles. The van der Waals surface area contributed by atoms with Crippen LogP contribution in [0.1, 0.15) is 322 Å². The minimum Gasteiger partial charge on any atom is -0.466 e. The van der Waals surface area contributed by atoms with E-state index in [9.17, 15) is 19.8 Å². The molecule has 0 aliphatic heterocycles. The number of nitrogens with one attached hydrogen (secondary N) is 1. The molecule has 0 fully saturated rings. The predicted octanol–water partition coefficient (Wildman–Crippen LogP) is 17.7. The third-order valence-electron chi connectivity index (χ3n) is 13.6. The molecule has 2 atom stereocenters. The fraction of sp³-hybridized carbons (Fsp3) is 0.931. The van der Waals surface area contributed by atoms with E-state index in [-0.39, 0.29) is 18.5 Å². The summed E-state index contributed by atoms with van der Waals surface area (Å²) in [5, 5.41) is 23.2. The molecule has 0 radical (unpaired) electrons. The van der Waals surface area contributed by atoms with E-state index in [2.05, 4.69) is 31.3 Å². The third kappa shape index (κ3) is 50.0. The summed E-state index contributed by atoms with van der Waals surface area (Å²) in [6.07, 6.45) is 63.5. The maximum atomic E-state index is 12.4. The van der Waals surface area contributed by atoms with Crippen LogP contribution in [0.2, 0.25) is 0 Å². The molecule has 3 N–H and O–H groups in total. The van der Waals surface area contributed by atoms with Gasteiger partial charge in [0.1, 0.15) is 0 Å². The van der Waals surface area contributed by atoms with Crippen LogP contribution in [-0.2, 0) is 14.3 Å². The van der Waals surface area contributed by atoms with Crippen molar-refractivity contribution in [2.45, 2.75) is 334 Å². The first-order valence-corrected chi connectivity index (χ1v) is 28.9. The predicted molar refractivity (Wildman–Crippen MR) is 278 cm³/mol. The average Bonchev–Trinajstić information content (AvgIpc) is 3.29. The number of rotatable bonds is 54. The summed E-state index contributed by atoms with van der Waals surface area (Å²) in [5.41, 5.74) is 0. The maximum Gasteiger partial charge on any atom is 0.305 e. The van der Waals surface area contributed by atoms with Crippen molar-refractivity contribution in [3.63, 3.8) is 0 Å². The minimum atomic E-state index is -0.668. The summed E-state index contributed by atoms with van der Waals surface area (Å²) in [6.45, 7) is 4.95. The van der Waals surface area contributed by atoms with Gasteiger partial charge in [-0.05, 0) is 51.4 Å². The molecule has 0 aromatic carbocycles. The van der Waals surface area contributed by atoms with Crippen LogP contribution in [0.15, 0.2) is 12.2 Å². The largest absolute Gasteiger partial charge is 0.466 e. The van der Waals surface area contributed by atoms with E-state index >= 15 is 0 Å². The number of aliphatic hydroxyl groups is 2. The Morgan fingerprint density at radius 2 is 0.734 bits per heavy atom. The van der Waals surface area contributed by atoms with Crippen LogP contribution in [0.3, 0.4) is 0 Å². The van der Waals surface area contributed by atoms with Crippen LogP contribution in [0.5, 0.6) is 0 Å². The Kier molecular flexibility index (Phi) is 53.0. The summed E-state index contributed by atoms with van der Waals surface area (Å²) in [4.78, 5) is 24.5. The highest BCUT2D eigenvalue weighted by atomic mass is 16.5. The number of esters is 1. The van der Waals surface area contributed by atoms with E-state index in [1.807, 2.05) is 0 Å². The number of hydrogen-bond donors (Lipinski definition) is 3. The van der Waals surface area contributed by atoms with Gasteiger partial charge < -0.3 is 20.3 Å². The van der Waals surface area contributed by atoms with Crippen LogP contribution in [-0.4, -0.2) is 47.4 Å². The van der Waals surface area contributed by atoms with Crippen molar-refractivity contribution in [3.8, 4) is 0 Å². The standard InChI is InChI=1S/C58H113NO5/c1-3-5-7-9-11-13-15-17-24-28-32-36-40-44-48-52-58(63)64-53-49-45-41-37-33-29-26-23-21-19-18-20-22-25-27-31-35-39-43-47-51-57(62)59-55(54-60)56(61)50-46-42-38-34-30-16-14-12-10-8-6-4-2/h18,20,55-56,60-61H,3-17,19,21-54H2,1-2H3,(H,59,62)/b20-18-. The monoisotopic (exact) mass is 904 g/mol. The molecule has 0 spiro atoms. The Hall–Kier alpha value is -1.40. The van der Waals surface area contributed by atoms with E-state index in [1.54, 1.807) is 0 Å². The smallest absolute Gasteiger partial charge is 0.305 e. The Balaban J connectivity index is 3.40. The molecule has 0 aromatic rings. The highest BCUT2D eigenvalue weighted by Crippen LogP contribution is 2.17. The third-order valence-corrected chi connectivity index (χ3v) is 13.6. The average molecular weight is 905 g/mol. The van der Waals surface area contributed by atoms with Crippen molar-refractivity contribution in [1.29, 1.82) is 0 Å². The first-order valence-electron chi connectivity index (χ1n) is 28.9. The number of carbonyl (C=O) groups is 2. The van der Waals surface area contributed by atoms with Crippen LogP contribution >= 0.6 is 0 Å². The van der Waals surface area contributed by atoms with Gasteiger partial charge in [-0.2, -0.15) is 0 Å². The molecule has 64 heavy (non-hydrogen) atoms. The lowest BCUT2D eigenvalue weighted by Gasteiger charge is -2.22. The highest BCUT2D eigenvalue weighted by Gasteiger charge is 2.20. The molecule has 0 heterocycles. The summed E-state index contributed by atoms with van der Waals surface area (Å²) >= 11 is 0. The van der Waals surface area contributed by atoms with Gasteiger partial charge in [0.25, 0.3) is 0 Å². The van der Waals surface area contributed by atoms with E-state index in [0.717, 1.165) is 38.5 Å². The molecule has 2 unspecified atom stereocenters. The molecule has 0 rings (SSSR count). The van der Waals surface area contributed by atoms with E-state index < -0.39 is 12.1 Å². The van der Waals surface area contributed by atoms with Gasteiger partial charge in [-0.15, -0.1) is 0 Å². The fourth-order valence-electron chi connectivity index (χ4n) is 9.11. The van der Waals surface area contributed by atoms with E-state index in [1.165, 1.54) is 250 Å². The van der Waals surface area contributed by atoms with Gasteiger partial charge in [0, 0.05) is 12.8 Å². The summed E-state index contributed by atoms with van der Waals surface area (Å²) in [6, 6.07) is -0.546. The Bertz CT molecular complexity index is 955. The van der Waals surface area contributed by atoms with Crippen LogP contribution in [0, 0.1) is 0 Å². The fourth-order valence-corrected chi connectivity index (χ4v) is 9.11. The first kappa shape index (κ1) is 62.6. The van der Waals surface area contributed by atoms with Gasteiger partial charge in [0.15, 0.2) is 0 Å². The molecule has 1 amide bonds. The van der Waals surface area contributed by atoms with Gasteiger partial charge in [-0.25, -0.2) is 0 Å². The Morgan fingerprint density at radius 1 is 0.422 bits per heavy atom. The van der Waals surface area contributed by atoms with Gasteiger partial charge in [-0.3, -0.25) is 9.59 Å². The SMILES string of the molecule is CCCCCCCCCCCCCCCCCC(=O)OCCCCCCCCCCC/C=C\CCCCCCCCCC(=O)NC(CO)C(O)CCCCCCCCCCCCCC. The lowest BCUT2D eigenvalue weighted by atomic mass is 10.0. The number of amides is 1. The second kappa shape index (κ2) is 54.2. The Labute approximate surface area is 399 Å². The number of ether oxygens (including phenoxy) is 1. The van der Waals surface area contributed by atoms with Crippen molar-refractivity contribution in [3.05, 3.63) is 12.2 Å². The van der Waals surface area contributed by atoms with E-state index in [4.69, 9.17) is 4.74 Å². The van der Waals surface area contributed by atoms with Gasteiger partial charge in [0.05, 0.1) is 25.4 Å². The lowest BCUT2D eigenvalue weighted by molar-refractivity contribution is -0.143. The molecule has 6 heteroatoms. The number of allylic oxidation sites excluding steroid dienone is 2. The van der Waals surface area contributed by atoms with Crippen molar-refractivity contribution in [2.75, 3.05) is 13.2 Å². The topological polar surface area (TPSA) is 95.9 Å². The molecule has 0 saturated heterocycles. The molecule has 0 saturated carbocycles. The van der Waals surface area contributed by atoms with Crippen molar-refractivity contribution in [1.82, 2.24) is 5.32 Å². The zero-order chi connectivity index (χ0) is 46.5. The summed E-state index contributed by atoms with van der Waals surface area (Å²) in [5.74, 6) is -0.0335. The normalized spacial score (nSPS) is 12.6. The molecule has 0 bridgehead atoms. The zero-order valence-corrected chi connectivity index (χ0v) is 43.3.